The van der Waals surface area contributed by atoms with Crippen molar-refractivity contribution in [2.75, 3.05) is 19.7 Å². The zero-order valence-corrected chi connectivity index (χ0v) is 17.6. The number of ketones is 1. The maximum atomic E-state index is 12.1. The van der Waals surface area contributed by atoms with Crippen molar-refractivity contribution in [1.82, 2.24) is 10.3 Å². The number of aryl methyl sites for hydroxylation is 1. The van der Waals surface area contributed by atoms with Gasteiger partial charge in [0, 0.05) is 30.4 Å². The molecule has 2 aromatic carbocycles. The number of nitrogens with one attached hydrogen (secondary N) is 1. The van der Waals surface area contributed by atoms with Gasteiger partial charge in [0.2, 0.25) is 5.89 Å². The van der Waals surface area contributed by atoms with Crippen LogP contribution in [0.5, 0.6) is 5.75 Å². The van der Waals surface area contributed by atoms with Gasteiger partial charge in [-0.2, -0.15) is 0 Å². The summed E-state index contributed by atoms with van der Waals surface area (Å²) in [5, 5.41) is 3.41. The van der Waals surface area contributed by atoms with Crippen LogP contribution in [0.3, 0.4) is 0 Å². The highest BCUT2D eigenvalue weighted by molar-refractivity contribution is 5.79. The summed E-state index contributed by atoms with van der Waals surface area (Å²) in [6, 6.07) is 18.0. The number of hydrogen-bond donors (Lipinski definition) is 1. The number of hydrogen-bond acceptors (Lipinski definition) is 5. The van der Waals surface area contributed by atoms with Gasteiger partial charge in [0.05, 0.1) is 12.3 Å². The number of benzene rings is 2. The number of oxazole rings is 1. The largest absolute Gasteiger partial charge is 0.493 e. The Labute approximate surface area is 177 Å². The Morgan fingerprint density at radius 1 is 1.20 bits per heavy atom. The molecule has 1 aliphatic rings. The summed E-state index contributed by atoms with van der Waals surface area (Å²) in [5.74, 6) is 2.84. The first kappa shape index (κ1) is 20.4. The molecule has 2 atom stereocenters. The molecule has 5 nitrogen and oxygen atoms in total. The molecule has 1 N–H and O–H groups in total. The molecule has 0 unspecified atom stereocenters. The lowest BCUT2D eigenvalue weighted by molar-refractivity contribution is -0.122. The topological polar surface area (TPSA) is 64.4 Å². The molecule has 156 valence electrons. The summed E-state index contributed by atoms with van der Waals surface area (Å²) in [4.78, 5) is 16.7. The van der Waals surface area contributed by atoms with Crippen molar-refractivity contribution < 1.29 is 13.9 Å². The first-order valence-corrected chi connectivity index (χ1v) is 10.6. The van der Waals surface area contributed by atoms with Gasteiger partial charge in [-0.25, -0.2) is 4.98 Å². The van der Waals surface area contributed by atoms with E-state index in [1.165, 1.54) is 0 Å². The van der Waals surface area contributed by atoms with E-state index in [4.69, 9.17) is 9.15 Å². The van der Waals surface area contributed by atoms with Gasteiger partial charge >= 0.3 is 0 Å². The smallest absolute Gasteiger partial charge is 0.226 e. The zero-order valence-electron chi connectivity index (χ0n) is 17.6. The summed E-state index contributed by atoms with van der Waals surface area (Å²) in [6.45, 7) is 5.89. The number of ether oxygens (including phenoxy) is 1. The van der Waals surface area contributed by atoms with Crippen molar-refractivity contribution in [3.05, 3.63) is 71.6 Å². The Bertz CT molecular complexity index is 997. The predicted octanol–water partition coefficient (Wildman–Crippen LogP) is 4.55. The summed E-state index contributed by atoms with van der Waals surface area (Å²) < 4.78 is 11.9. The molecule has 4 rings (SSSR count). The molecule has 1 saturated heterocycles. The van der Waals surface area contributed by atoms with Crippen LogP contribution in [0.25, 0.3) is 11.5 Å². The quantitative estimate of drug-likeness (QED) is 0.626. The van der Waals surface area contributed by atoms with Crippen LogP contribution < -0.4 is 10.1 Å². The number of aromatic nitrogens is 1. The van der Waals surface area contributed by atoms with E-state index in [9.17, 15) is 4.79 Å². The van der Waals surface area contributed by atoms with Crippen molar-refractivity contribution in [3.63, 3.8) is 0 Å². The summed E-state index contributed by atoms with van der Waals surface area (Å²) in [7, 11) is 0. The Morgan fingerprint density at radius 3 is 2.83 bits per heavy atom. The Morgan fingerprint density at radius 2 is 2.03 bits per heavy atom. The first-order valence-electron chi connectivity index (χ1n) is 10.6. The second-order valence-corrected chi connectivity index (χ2v) is 7.88. The minimum Gasteiger partial charge on any atom is -0.493 e. The number of nitrogens with zero attached hydrogens (tertiary/aromatic N) is 1. The van der Waals surface area contributed by atoms with Crippen molar-refractivity contribution in [2.24, 2.45) is 5.92 Å². The monoisotopic (exact) mass is 404 g/mol. The zero-order chi connectivity index (χ0) is 20.9. The van der Waals surface area contributed by atoms with E-state index in [-0.39, 0.29) is 17.6 Å². The highest BCUT2D eigenvalue weighted by Gasteiger charge is 2.29. The Balaban J connectivity index is 1.40. The average molecular weight is 405 g/mol. The van der Waals surface area contributed by atoms with Crippen LogP contribution in [0.4, 0.5) is 0 Å². The number of carbonyl (C=O) groups excluding carboxylic acids is 1. The minimum atomic E-state index is 0.0793. The van der Waals surface area contributed by atoms with Gasteiger partial charge in [-0.1, -0.05) is 30.3 Å². The number of Topliss-reactive ketones (excluding diaryl/α,β-unsaturated/α-hetero) is 1. The lowest BCUT2D eigenvalue weighted by Crippen LogP contribution is -2.38. The normalized spacial score (nSPS) is 18.9. The highest BCUT2D eigenvalue weighted by atomic mass is 16.5. The van der Waals surface area contributed by atoms with Gasteiger partial charge in [0.1, 0.15) is 17.3 Å². The highest BCUT2D eigenvalue weighted by Crippen LogP contribution is 2.32. The molecule has 1 fully saturated rings. The second kappa shape index (κ2) is 9.26. The van der Waals surface area contributed by atoms with Gasteiger partial charge in [0.15, 0.2) is 0 Å². The van der Waals surface area contributed by atoms with Gasteiger partial charge in [-0.3, -0.25) is 4.79 Å². The maximum absolute atomic E-state index is 12.1. The van der Waals surface area contributed by atoms with Crippen molar-refractivity contribution in [3.8, 4) is 17.2 Å². The third kappa shape index (κ3) is 4.62. The molecule has 0 spiro atoms. The summed E-state index contributed by atoms with van der Waals surface area (Å²) in [6.07, 6.45) is 1.56. The van der Waals surface area contributed by atoms with E-state index < -0.39 is 0 Å². The molecule has 30 heavy (non-hydrogen) atoms. The van der Waals surface area contributed by atoms with Crippen molar-refractivity contribution in [2.45, 2.75) is 32.6 Å². The minimum absolute atomic E-state index is 0.0793. The predicted molar refractivity (Wildman–Crippen MR) is 117 cm³/mol. The number of rotatable bonds is 7. The number of piperidine rings is 1. The second-order valence-electron chi connectivity index (χ2n) is 7.88. The first-order chi connectivity index (χ1) is 14.6. The fourth-order valence-corrected chi connectivity index (χ4v) is 4.16. The molecule has 2 heterocycles. The SMILES string of the molecule is CC(=O)[C@H]1CCNC[C@H]1c1cccc(OCCc2nc(-c3ccccc3)oc2C)c1. The van der Waals surface area contributed by atoms with E-state index in [1.807, 2.05) is 49.4 Å². The lowest BCUT2D eigenvalue weighted by Gasteiger charge is -2.31. The third-order valence-electron chi connectivity index (χ3n) is 5.81. The summed E-state index contributed by atoms with van der Waals surface area (Å²) in [5.41, 5.74) is 3.04. The molecular weight excluding hydrogens is 376 g/mol. The molecule has 0 radical (unpaired) electrons. The van der Waals surface area contributed by atoms with Crippen LogP contribution in [-0.4, -0.2) is 30.5 Å². The molecule has 1 aliphatic heterocycles. The molecule has 0 aliphatic carbocycles. The van der Waals surface area contributed by atoms with E-state index in [0.29, 0.717) is 18.9 Å². The van der Waals surface area contributed by atoms with Crippen molar-refractivity contribution >= 4 is 5.78 Å². The third-order valence-corrected chi connectivity index (χ3v) is 5.81. The fourth-order valence-electron chi connectivity index (χ4n) is 4.16. The van der Waals surface area contributed by atoms with Crippen LogP contribution in [-0.2, 0) is 11.2 Å². The average Bonchev–Trinajstić information content (AvgIpc) is 3.15. The molecule has 5 heteroatoms. The number of carbonyl (C=O) groups is 1. The van der Waals surface area contributed by atoms with E-state index in [1.54, 1.807) is 6.92 Å². The van der Waals surface area contributed by atoms with Gasteiger partial charge in [0.25, 0.3) is 0 Å². The molecule has 0 saturated carbocycles. The molecule has 3 aromatic rings. The molecular formula is C25H28N2O3. The van der Waals surface area contributed by atoms with Crippen LogP contribution in [0.15, 0.2) is 59.0 Å². The maximum Gasteiger partial charge on any atom is 0.226 e. The summed E-state index contributed by atoms with van der Waals surface area (Å²) >= 11 is 0. The molecule has 0 amide bonds. The van der Waals surface area contributed by atoms with E-state index >= 15 is 0 Å². The molecule has 0 bridgehead atoms. The van der Waals surface area contributed by atoms with E-state index in [2.05, 4.69) is 22.4 Å². The van der Waals surface area contributed by atoms with Gasteiger partial charge in [-0.05, 0) is 56.6 Å². The van der Waals surface area contributed by atoms with Crippen LogP contribution >= 0.6 is 0 Å². The van der Waals surface area contributed by atoms with Crippen LogP contribution in [0.2, 0.25) is 0 Å². The fraction of sp³-hybridized carbons (Fsp3) is 0.360. The van der Waals surface area contributed by atoms with Crippen LogP contribution in [0.1, 0.15) is 36.3 Å². The molecule has 1 aromatic heterocycles. The Hall–Kier alpha value is -2.92. The van der Waals surface area contributed by atoms with Crippen molar-refractivity contribution in [1.29, 1.82) is 0 Å². The lowest BCUT2D eigenvalue weighted by atomic mass is 9.79. The Kier molecular flexibility index (Phi) is 6.29. The standard InChI is InChI=1S/C25H28N2O3/c1-17(28)22-11-13-26-16-23(22)20-9-6-10-21(15-20)29-14-12-24-18(2)30-25(27-24)19-7-4-3-5-8-19/h3-10,15,22-23,26H,11-14,16H2,1-2H3/t22-,23+/m1/s1. The van der Waals surface area contributed by atoms with Gasteiger partial charge in [-0.15, -0.1) is 0 Å². The van der Waals surface area contributed by atoms with Gasteiger partial charge < -0.3 is 14.5 Å². The van der Waals surface area contributed by atoms with Crippen LogP contribution in [0, 0.1) is 12.8 Å². The van der Waals surface area contributed by atoms with E-state index in [0.717, 1.165) is 47.8 Å².